The monoisotopic (exact) mass is 418 g/mol. The standard InChI is InChI=1S/C23H24ClFO4/c1-14(13-23(4)20(26)28-22(2,3)29-21(23)27)11-15-5-7-16(8-6-15)18-12-17(24)9-10-19(18)25/h5-10,12,14H,11,13H2,1-4H3/t14-/m1/s1. The van der Waals surface area contributed by atoms with Crippen LogP contribution in [0.5, 0.6) is 0 Å². The first kappa shape index (κ1) is 21.3. The number of carbonyl (C=O) groups excluding carboxylic acids is 2. The molecule has 1 fully saturated rings. The van der Waals surface area contributed by atoms with E-state index in [-0.39, 0.29) is 11.7 Å². The van der Waals surface area contributed by atoms with Crippen molar-refractivity contribution in [2.24, 2.45) is 11.3 Å². The van der Waals surface area contributed by atoms with Crippen LogP contribution in [0.25, 0.3) is 11.1 Å². The van der Waals surface area contributed by atoms with Crippen molar-refractivity contribution >= 4 is 23.5 Å². The molecule has 0 bridgehead atoms. The highest BCUT2D eigenvalue weighted by molar-refractivity contribution is 6.30. The predicted octanol–water partition coefficient (Wildman–Crippen LogP) is 5.56. The molecule has 0 N–H and O–H groups in total. The van der Waals surface area contributed by atoms with Gasteiger partial charge in [0.15, 0.2) is 5.41 Å². The third-order valence-corrected chi connectivity index (χ3v) is 5.35. The topological polar surface area (TPSA) is 52.6 Å². The van der Waals surface area contributed by atoms with E-state index in [1.54, 1.807) is 13.0 Å². The third-order valence-electron chi connectivity index (χ3n) is 5.11. The molecule has 0 aromatic heterocycles. The maximum absolute atomic E-state index is 14.1. The highest BCUT2D eigenvalue weighted by Gasteiger charge is 2.53. The van der Waals surface area contributed by atoms with E-state index in [0.29, 0.717) is 23.4 Å². The number of esters is 2. The molecule has 0 saturated carbocycles. The summed E-state index contributed by atoms with van der Waals surface area (Å²) in [6.07, 6.45) is 0.962. The molecule has 1 aliphatic rings. The number of benzene rings is 2. The molecule has 3 rings (SSSR count). The van der Waals surface area contributed by atoms with Crippen molar-refractivity contribution < 1.29 is 23.5 Å². The van der Waals surface area contributed by atoms with Crippen LogP contribution >= 0.6 is 11.6 Å². The van der Waals surface area contributed by atoms with Gasteiger partial charge in [-0.15, -0.1) is 0 Å². The van der Waals surface area contributed by atoms with Crippen LogP contribution in [-0.2, 0) is 25.5 Å². The second-order valence-electron chi connectivity index (χ2n) is 8.35. The zero-order chi connectivity index (χ0) is 21.4. The lowest BCUT2D eigenvalue weighted by Crippen LogP contribution is -2.53. The third kappa shape index (κ3) is 4.61. The Hall–Kier alpha value is -2.40. The van der Waals surface area contributed by atoms with Gasteiger partial charge in [-0.3, -0.25) is 9.59 Å². The molecule has 1 aliphatic heterocycles. The summed E-state index contributed by atoms with van der Waals surface area (Å²) in [6.45, 7) is 6.61. The first-order valence-electron chi connectivity index (χ1n) is 9.51. The first-order valence-corrected chi connectivity index (χ1v) is 9.89. The summed E-state index contributed by atoms with van der Waals surface area (Å²) >= 11 is 5.97. The van der Waals surface area contributed by atoms with Gasteiger partial charge in [0.25, 0.3) is 5.79 Å². The van der Waals surface area contributed by atoms with Gasteiger partial charge in [-0.2, -0.15) is 0 Å². The van der Waals surface area contributed by atoms with Crippen LogP contribution in [0.3, 0.4) is 0 Å². The van der Waals surface area contributed by atoms with Crippen molar-refractivity contribution in [1.29, 1.82) is 0 Å². The minimum Gasteiger partial charge on any atom is -0.422 e. The summed E-state index contributed by atoms with van der Waals surface area (Å²) in [7, 11) is 0. The number of hydrogen-bond donors (Lipinski definition) is 0. The number of hydrogen-bond acceptors (Lipinski definition) is 4. The van der Waals surface area contributed by atoms with Crippen LogP contribution in [0.4, 0.5) is 4.39 Å². The molecule has 2 aromatic rings. The van der Waals surface area contributed by atoms with E-state index >= 15 is 0 Å². The van der Waals surface area contributed by atoms with Crippen molar-refractivity contribution in [1.82, 2.24) is 0 Å². The van der Waals surface area contributed by atoms with Gasteiger partial charge < -0.3 is 9.47 Å². The van der Waals surface area contributed by atoms with Crippen LogP contribution in [0.15, 0.2) is 42.5 Å². The Bertz CT molecular complexity index is 916. The summed E-state index contributed by atoms with van der Waals surface area (Å²) in [5.41, 5.74) is 0.874. The summed E-state index contributed by atoms with van der Waals surface area (Å²) < 4.78 is 24.6. The van der Waals surface area contributed by atoms with E-state index in [4.69, 9.17) is 21.1 Å². The van der Waals surface area contributed by atoms with Crippen molar-refractivity contribution in [3.8, 4) is 11.1 Å². The van der Waals surface area contributed by atoms with Gasteiger partial charge in [0.1, 0.15) is 5.82 Å². The number of ether oxygens (including phenoxy) is 2. The number of cyclic esters (lactones) is 2. The molecule has 1 atom stereocenters. The lowest BCUT2D eigenvalue weighted by molar-refractivity contribution is -0.250. The zero-order valence-corrected chi connectivity index (χ0v) is 17.7. The van der Waals surface area contributed by atoms with E-state index in [1.807, 2.05) is 31.2 Å². The molecule has 6 heteroatoms. The van der Waals surface area contributed by atoms with Gasteiger partial charge in [0, 0.05) is 24.4 Å². The minimum atomic E-state index is -1.32. The fourth-order valence-corrected chi connectivity index (χ4v) is 3.83. The molecule has 1 saturated heterocycles. The fraction of sp³-hybridized carbons (Fsp3) is 0.391. The van der Waals surface area contributed by atoms with Gasteiger partial charge in [-0.25, -0.2) is 4.39 Å². The van der Waals surface area contributed by atoms with Gasteiger partial charge in [0.05, 0.1) is 0 Å². The minimum absolute atomic E-state index is 0.0232. The van der Waals surface area contributed by atoms with Crippen LogP contribution < -0.4 is 0 Å². The van der Waals surface area contributed by atoms with Gasteiger partial charge in [0.2, 0.25) is 0 Å². The summed E-state index contributed by atoms with van der Waals surface area (Å²) in [5.74, 6) is -2.66. The predicted molar refractivity (Wildman–Crippen MR) is 109 cm³/mol. The van der Waals surface area contributed by atoms with E-state index in [1.165, 1.54) is 26.0 Å². The first-order chi connectivity index (χ1) is 13.5. The second-order valence-corrected chi connectivity index (χ2v) is 8.78. The van der Waals surface area contributed by atoms with Crippen LogP contribution in [0.1, 0.15) is 39.7 Å². The molecule has 0 unspecified atom stereocenters. The average Bonchev–Trinajstić information content (AvgIpc) is 2.62. The molecule has 0 radical (unpaired) electrons. The van der Waals surface area contributed by atoms with Crippen LogP contribution in [-0.4, -0.2) is 17.7 Å². The highest BCUT2D eigenvalue weighted by atomic mass is 35.5. The highest BCUT2D eigenvalue weighted by Crippen LogP contribution is 2.38. The maximum Gasteiger partial charge on any atom is 0.326 e. The van der Waals surface area contributed by atoms with E-state index < -0.39 is 23.1 Å². The number of carbonyl (C=O) groups is 2. The largest absolute Gasteiger partial charge is 0.422 e. The SMILES string of the molecule is C[C@H](Cc1ccc(-c2cc(Cl)ccc2F)cc1)CC1(C)C(=O)OC(C)(C)OC1=O. The fourth-order valence-electron chi connectivity index (χ4n) is 3.65. The summed E-state index contributed by atoms with van der Waals surface area (Å²) in [4.78, 5) is 24.8. The van der Waals surface area contributed by atoms with Crippen molar-refractivity contribution in [3.05, 3.63) is 58.9 Å². The molecular weight excluding hydrogens is 395 g/mol. The van der Waals surface area contributed by atoms with Crippen molar-refractivity contribution in [2.75, 3.05) is 0 Å². The molecule has 2 aromatic carbocycles. The van der Waals surface area contributed by atoms with Gasteiger partial charge in [-0.05, 0) is 55.0 Å². The summed E-state index contributed by atoms with van der Waals surface area (Å²) in [5, 5.41) is 0.474. The zero-order valence-electron chi connectivity index (χ0n) is 16.9. The Labute approximate surface area is 175 Å². The van der Waals surface area contributed by atoms with E-state index in [2.05, 4.69) is 0 Å². The molecule has 4 nitrogen and oxygen atoms in total. The molecule has 0 spiro atoms. The van der Waals surface area contributed by atoms with Gasteiger partial charge in [-0.1, -0.05) is 42.8 Å². The second kappa shape index (κ2) is 7.79. The number of halogens is 2. The average molecular weight is 419 g/mol. The Morgan fingerprint density at radius 3 is 2.17 bits per heavy atom. The molecule has 154 valence electrons. The summed E-state index contributed by atoms with van der Waals surface area (Å²) in [6, 6.07) is 12.0. The smallest absolute Gasteiger partial charge is 0.326 e. The van der Waals surface area contributed by atoms with Gasteiger partial charge >= 0.3 is 11.9 Å². The van der Waals surface area contributed by atoms with Crippen LogP contribution in [0, 0.1) is 17.2 Å². The molecule has 0 amide bonds. The lowest BCUT2D eigenvalue weighted by Gasteiger charge is -2.39. The Kier molecular flexibility index (Phi) is 5.72. The Morgan fingerprint density at radius 2 is 1.59 bits per heavy atom. The normalized spacial score (nSPS) is 18.7. The quantitative estimate of drug-likeness (QED) is 0.471. The van der Waals surface area contributed by atoms with Crippen molar-refractivity contribution in [2.45, 2.75) is 46.3 Å². The van der Waals surface area contributed by atoms with E-state index in [0.717, 1.165) is 11.1 Å². The molecule has 29 heavy (non-hydrogen) atoms. The maximum atomic E-state index is 14.1. The Morgan fingerprint density at radius 1 is 1.00 bits per heavy atom. The lowest BCUT2D eigenvalue weighted by atomic mass is 9.79. The Balaban J connectivity index is 1.70. The van der Waals surface area contributed by atoms with Crippen molar-refractivity contribution in [3.63, 3.8) is 0 Å². The molecule has 1 heterocycles. The van der Waals surface area contributed by atoms with Crippen LogP contribution in [0.2, 0.25) is 5.02 Å². The number of rotatable bonds is 5. The van der Waals surface area contributed by atoms with E-state index in [9.17, 15) is 14.0 Å². The molecule has 0 aliphatic carbocycles. The molecular formula is C23H24ClFO4.